The lowest BCUT2D eigenvalue weighted by Crippen LogP contribution is -2.11. The average molecular weight is 289 g/mol. The molecule has 0 saturated heterocycles. The van der Waals surface area contributed by atoms with Gasteiger partial charge in [0.15, 0.2) is 0 Å². The lowest BCUT2D eigenvalue weighted by atomic mass is 10.1. The molecule has 1 heterocycles. The van der Waals surface area contributed by atoms with Gasteiger partial charge < -0.3 is 4.74 Å². The Hall–Kier alpha value is -1.74. The minimum Gasteiger partial charge on any atom is -0.466 e. The minimum atomic E-state index is -2.79. The molecular weight excluding hydrogens is 278 g/mol. The first-order valence-corrected chi connectivity index (χ1v) is 5.99. The predicted octanol–water partition coefficient (Wildman–Crippen LogP) is 2.74. The van der Waals surface area contributed by atoms with Crippen LogP contribution in [0, 0.1) is 11.3 Å². The number of ether oxygens (including phenoxy) is 1. The molecule has 0 amide bonds. The minimum absolute atomic E-state index is 0.00762. The fourth-order valence-electron chi connectivity index (χ4n) is 1.52. The normalized spacial score (nSPS) is 10.3. The third-order valence-corrected chi connectivity index (χ3v) is 2.58. The molecule has 7 heteroatoms. The zero-order valence-electron chi connectivity index (χ0n) is 10.1. The maximum atomic E-state index is 12.9. The predicted molar refractivity (Wildman–Crippen MR) is 63.8 cm³/mol. The van der Waals surface area contributed by atoms with Crippen LogP contribution in [-0.2, 0) is 21.8 Å². The molecule has 0 radical (unpaired) electrons. The van der Waals surface area contributed by atoms with Crippen LogP contribution in [0.2, 0.25) is 0 Å². The number of rotatable bonds is 5. The molecule has 0 aromatic carbocycles. The van der Waals surface area contributed by atoms with Gasteiger partial charge in [-0.05, 0) is 13.0 Å². The highest BCUT2D eigenvalue weighted by molar-refractivity contribution is 6.17. The Bertz CT molecular complexity index is 515. The van der Waals surface area contributed by atoms with Crippen molar-refractivity contribution in [2.75, 3.05) is 6.61 Å². The molecule has 0 spiro atoms. The number of hydrogen-bond donors (Lipinski definition) is 0. The molecule has 0 aliphatic rings. The van der Waals surface area contributed by atoms with E-state index in [2.05, 4.69) is 4.98 Å². The summed E-state index contributed by atoms with van der Waals surface area (Å²) < 4.78 is 30.5. The Morgan fingerprint density at radius 3 is 2.79 bits per heavy atom. The fourth-order valence-corrected chi connectivity index (χ4v) is 1.81. The third kappa shape index (κ3) is 3.86. The van der Waals surface area contributed by atoms with Crippen molar-refractivity contribution >= 4 is 17.6 Å². The second-order valence-corrected chi connectivity index (χ2v) is 3.83. The smallest absolute Gasteiger partial charge is 0.311 e. The molecule has 1 aromatic rings. The SMILES string of the molecule is CCOC(=O)Cc1cc(C(F)F)c(CCl)c(C#N)n1. The Labute approximate surface area is 114 Å². The van der Waals surface area contributed by atoms with Crippen LogP contribution in [0.25, 0.3) is 0 Å². The van der Waals surface area contributed by atoms with Crippen molar-refractivity contribution in [3.8, 4) is 6.07 Å². The van der Waals surface area contributed by atoms with E-state index in [0.717, 1.165) is 6.07 Å². The maximum Gasteiger partial charge on any atom is 0.311 e. The molecule has 19 heavy (non-hydrogen) atoms. The third-order valence-electron chi connectivity index (χ3n) is 2.32. The lowest BCUT2D eigenvalue weighted by molar-refractivity contribution is -0.142. The summed E-state index contributed by atoms with van der Waals surface area (Å²) in [6.07, 6.45) is -3.05. The Kier molecular flexibility index (Phi) is 5.64. The number of halogens is 3. The van der Waals surface area contributed by atoms with E-state index in [0.29, 0.717) is 0 Å². The lowest BCUT2D eigenvalue weighted by Gasteiger charge is -2.10. The average Bonchev–Trinajstić information content (AvgIpc) is 2.37. The molecule has 0 bridgehead atoms. The molecule has 4 nitrogen and oxygen atoms in total. The number of hydrogen-bond acceptors (Lipinski definition) is 4. The van der Waals surface area contributed by atoms with E-state index in [-0.39, 0.29) is 41.4 Å². The van der Waals surface area contributed by atoms with Crippen molar-refractivity contribution in [1.29, 1.82) is 5.26 Å². The molecule has 0 aliphatic carbocycles. The van der Waals surface area contributed by atoms with Crippen LogP contribution >= 0.6 is 11.6 Å². The number of aromatic nitrogens is 1. The second kappa shape index (κ2) is 7.00. The molecule has 0 saturated carbocycles. The second-order valence-electron chi connectivity index (χ2n) is 3.56. The van der Waals surface area contributed by atoms with Crippen molar-refractivity contribution in [3.05, 3.63) is 28.6 Å². The standard InChI is InChI=1S/C12H11ClF2N2O2/c1-2-19-11(18)4-7-3-8(12(14)15)9(5-13)10(6-16)17-7/h3,12H,2,4-5H2,1H3. The van der Waals surface area contributed by atoms with Crippen LogP contribution in [-0.4, -0.2) is 17.6 Å². The molecular formula is C12H11ClF2N2O2. The molecule has 1 rings (SSSR count). The van der Waals surface area contributed by atoms with Gasteiger partial charge in [0.05, 0.1) is 24.6 Å². The molecule has 0 atom stereocenters. The van der Waals surface area contributed by atoms with E-state index in [1.807, 2.05) is 0 Å². The quantitative estimate of drug-likeness (QED) is 0.617. The van der Waals surface area contributed by atoms with Crippen LogP contribution < -0.4 is 0 Å². The van der Waals surface area contributed by atoms with Crippen LogP contribution in [0.1, 0.15) is 35.9 Å². The van der Waals surface area contributed by atoms with Gasteiger partial charge in [0, 0.05) is 11.1 Å². The summed E-state index contributed by atoms with van der Waals surface area (Å²) in [5.74, 6) is -0.826. The molecule has 0 N–H and O–H groups in total. The summed E-state index contributed by atoms with van der Waals surface area (Å²) in [4.78, 5) is 15.1. The number of carbonyl (C=O) groups excluding carboxylic acids is 1. The maximum absolute atomic E-state index is 12.9. The molecule has 1 aromatic heterocycles. The Morgan fingerprint density at radius 2 is 2.32 bits per heavy atom. The van der Waals surface area contributed by atoms with Gasteiger partial charge >= 0.3 is 5.97 Å². The fraction of sp³-hybridized carbons (Fsp3) is 0.417. The first-order chi connectivity index (χ1) is 9.03. The van der Waals surface area contributed by atoms with Gasteiger partial charge in [-0.25, -0.2) is 13.8 Å². The van der Waals surface area contributed by atoms with E-state index in [1.165, 1.54) is 0 Å². The van der Waals surface area contributed by atoms with Gasteiger partial charge in [-0.3, -0.25) is 4.79 Å². The van der Waals surface area contributed by atoms with E-state index < -0.39 is 12.4 Å². The summed E-state index contributed by atoms with van der Waals surface area (Å²) in [6, 6.07) is 2.79. The molecule has 0 fully saturated rings. The van der Waals surface area contributed by atoms with Crippen molar-refractivity contribution in [2.24, 2.45) is 0 Å². The van der Waals surface area contributed by atoms with E-state index in [4.69, 9.17) is 21.6 Å². The molecule has 102 valence electrons. The first kappa shape index (κ1) is 15.3. The number of alkyl halides is 3. The Balaban J connectivity index is 3.18. The van der Waals surface area contributed by atoms with E-state index in [9.17, 15) is 13.6 Å². The van der Waals surface area contributed by atoms with Gasteiger partial charge in [-0.1, -0.05) is 0 Å². The number of nitriles is 1. The zero-order chi connectivity index (χ0) is 14.4. The molecule has 0 aliphatic heterocycles. The van der Waals surface area contributed by atoms with Crippen molar-refractivity contribution < 1.29 is 18.3 Å². The summed E-state index contributed by atoms with van der Waals surface area (Å²) in [5, 5.41) is 8.89. The highest BCUT2D eigenvalue weighted by Gasteiger charge is 2.19. The summed E-state index contributed by atoms with van der Waals surface area (Å²) in [6.45, 7) is 1.82. The Morgan fingerprint density at radius 1 is 1.63 bits per heavy atom. The molecule has 0 unspecified atom stereocenters. The van der Waals surface area contributed by atoms with E-state index >= 15 is 0 Å². The van der Waals surface area contributed by atoms with Crippen LogP contribution in [0.15, 0.2) is 6.07 Å². The highest BCUT2D eigenvalue weighted by Crippen LogP contribution is 2.27. The number of nitrogens with zero attached hydrogens (tertiary/aromatic N) is 2. The topological polar surface area (TPSA) is 63.0 Å². The summed E-state index contributed by atoms with van der Waals surface area (Å²) >= 11 is 5.55. The van der Waals surface area contributed by atoms with Crippen LogP contribution in [0.5, 0.6) is 0 Å². The zero-order valence-corrected chi connectivity index (χ0v) is 10.9. The van der Waals surface area contributed by atoms with Gasteiger partial charge in [-0.15, -0.1) is 11.6 Å². The summed E-state index contributed by atoms with van der Waals surface area (Å²) in [5.41, 5.74) is -0.501. The summed E-state index contributed by atoms with van der Waals surface area (Å²) in [7, 11) is 0. The van der Waals surface area contributed by atoms with Gasteiger partial charge in [0.1, 0.15) is 11.8 Å². The van der Waals surface area contributed by atoms with Crippen LogP contribution in [0.3, 0.4) is 0 Å². The van der Waals surface area contributed by atoms with Crippen molar-refractivity contribution in [2.45, 2.75) is 25.7 Å². The number of carbonyl (C=O) groups is 1. The van der Waals surface area contributed by atoms with Gasteiger partial charge in [0.25, 0.3) is 6.43 Å². The first-order valence-electron chi connectivity index (χ1n) is 5.46. The van der Waals surface area contributed by atoms with Crippen molar-refractivity contribution in [1.82, 2.24) is 4.98 Å². The monoisotopic (exact) mass is 288 g/mol. The van der Waals surface area contributed by atoms with Crippen molar-refractivity contribution in [3.63, 3.8) is 0 Å². The number of pyridine rings is 1. The highest BCUT2D eigenvalue weighted by atomic mass is 35.5. The van der Waals surface area contributed by atoms with Crippen LogP contribution in [0.4, 0.5) is 8.78 Å². The van der Waals surface area contributed by atoms with E-state index in [1.54, 1.807) is 13.0 Å². The largest absolute Gasteiger partial charge is 0.466 e. The van der Waals surface area contributed by atoms with Gasteiger partial charge in [-0.2, -0.15) is 5.26 Å². The van der Waals surface area contributed by atoms with Gasteiger partial charge in [0.2, 0.25) is 0 Å². The number of esters is 1.